The van der Waals surface area contributed by atoms with Crippen molar-refractivity contribution < 1.29 is 0 Å². The summed E-state index contributed by atoms with van der Waals surface area (Å²) in [5.74, 6) is 1.63. The van der Waals surface area contributed by atoms with Crippen LogP contribution in [0.25, 0.3) is 21.8 Å². The van der Waals surface area contributed by atoms with Crippen molar-refractivity contribution in [1.82, 2.24) is 29.6 Å². The molecule has 0 fully saturated rings. The maximum atomic E-state index is 5.06. The number of fused-ring (bicyclic) bond motifs is 3. The number of nitrogens with zero attached hydrogens (tertiary/aromatic N) is 8. The Morgan fingerprint density at radius 1 is 0.600 bits per heavy atom. The van der Waals surface area contributed by atoms with E-state index in [1.807, 2.05) is 100 Å². The van der Waals surface area contributed by atoms with Gasteiger partial charge in [0.1, 0.15) is 11.4 Å². The molecular formula is C22H30N8. The van der Waals surface area contributed by atoms with Crippen molar-refractivity contribution in [3.8, 4) is 0 Å². The first-order valence-corrected chi connectivity index (χ1v) is 9.74. The lowest BCUT2D eigenvalue weighted by Crippen LogP contribution is -2.35. The highest BCUT2D eigenvalue weighted by Crippen LogP contribution is 2.42. The first kappa shape index (κ1) is 21.3. The van der Waals surface area contributed by atoms with E-state index in [0.717, 1.165) is 45.1 Å². The van der Waals surface area contributed by atoms with E-state index in [4.69, 9.17) is 9.98 Å². The van der Waals surface area contributed by atoms with E-state index in [2.05, 4.69) is 9.97 Å². The van der Waals surface area contributed by atoms with Crippen LogP contribution in [0.4, 0.5) is 11.4 Å². The molecule has 0 N–H and O–H groups in total. The number of rotatable bonds is 2. The minimum Gasteiger partial charge on any atom is -0.349 e. The van der Waals surface area contributed by atoms with Crippen LogP contribution >= 0.6 is 0 Å². The summed E-state index contributed by atoms with van der Waals surface area (Å²) in [6.45, 7) is 0. The second kappa shape index (κ2) is 8.52. The van der Waals surface area contributed by atoms with Crippen molar-refractivity contribution >= 4 is 45.1 Å². The standard InChI is InChI=1S/C22H30N8/c1-27(2)21(28(3)4)25-19-15-11-9-13-23-17(15)18-16(12-10-14-24-18)20(19)26-22(29(5)6)30(7)8/h9-14H,1-8H3. The zero-order valence-corrected chi connectivity index (χ0v) is 19.0. The average molecular weight is 407 g/mol. The smallest absolute Gasteiger partial charge is 0.200 e. The van der Waals surface area contributed by atoms with E-state index in [0.29, 0.717) is 0 Å². The predicted molar refractivity (Wildman–Crippen MR) is 126 cm³/mol. The second-order valence-corrected chi connectivity index (χ2v) is 7.90. The lowest BCUT2D eigenvalue weighted by molar-refractivity contribution is 0.483. The maximum absolute atomic E-state index is 5.06. The van der Waals surface area contributed by atoms with Gasteiger partial charge in [0.05, 0.1) is 11.0 Å². The molecule has 8 nitrogen and oxygen atoms in total. The van der Waals surface area contributed by atoms with Gasteiger partial charge < -0.3 is 19.6 Å². The Kier molecular flexibility index (Phi) is 6.05. The Morgan fingerprint density at radius 2 is 0.933 bits per heavy atom. The van der Waals surface area contributed by atoms with Crippen molar-refractivity contribution in [3.63, 3.8) is 0 Å². The zero-order chi connectivity index (χ0) is 22.0. The molecule has 158 valence electrons. The Morgan fingerprint density at radius 3 is 1.23 bits per heavy atom. The third-order valence-corrected chi connectivity index (χ3v) is 4.60. The summed E-state index contributed by atoms with van der Waals surface area (Å²) in [6.07, 6.45) is 3.58. The van der Waals surface area contributed by atoms with Gasteiger partial charge in [-0.25, -0.2) is 9.98 Å². The third-order valence-electron chi connectivity index (χ3n) is 4.60. The minimum atomic E-state index is 0.775. The van der Waals surface area contributed by atoms with Gasteiger partial charge in [-0.1, -0.05) is 0 Å². The first-order valence-electron chi connectivity index (χ1n) is 9.74. The number of hydrogen-bond donors (Lipinski definition) is 0. The summed E-state index contributed by atoms with van der Waals surface area (Å²) in [5.41, 5.74) is 3.19. The average Bonchev–Trinajstić information content (AvgIpc) is 2.69. The molecule has 0 bridgehead atoms. The lowest BCUT2D eigenvalue weighted by Gasteiger charge is -2.25. The van der Waals surface area contributed by atoms with Gasteiger partial charge in [0.25, 0.3) is 0 Å². The van der Waals surface area contributed by atoms with Crippen LogP contribution in [0.15, 0.2) is 46.6 Å². The van der Waals surface area contributed by atoms with Crippen LogP contribution in [0.3, 0.4) is 0 Å². The van der Waals surface area contributed by atoms with Gasteiger partial charge in [0, 0.05) is 79.5 Å². The van der Waals surface area contributed by atoms with Crippen LogP contribution in [0.2, 0.25) is 0 Å². The molecule has 0 radical (unpaired) electrons. The molecule has 0 aliphatic carbocycles. The molecule has 0 atom stereocenters. The van der Waals surface area contributed by atoms with E-state index < -0.39 is 0 Å². The van der Waals surface area contributed by atoms with Crippen LogP contribution < -0.4 is 0 Å². The minimum absolute atomic E-state index is 0.775. The molecule has 1 aromatic carbocycles. The van der Waals surface area contributed by atoms with Gasteiger partial charge in [-0.2, -0.15) is 0 Å². The van der Waals surface area contributed by atoms with Gasteiger partial charge in [-0.3, -0.25) is 9.97 Å². The van der Waals surface area contributed by atoms with Gasteiger partial charge in [-0.15, -0.1) is 0 Å². The summed E-state index contributed by atoms with van der Waals surface area (Å²) in [6, 6.07) is 7.91. The fourth-order valence-electron chi connectivity index (χ4n) is 3.45. The third kappa shape index (κ3) is 3.98. The summed E-state index contributed by atoms with van der Waals surface area (Å²) in [4.78, 5) is 27.3. The highest BCUT2D eigenvalue weighted by atomic mass is 15.3. The van der Waals surface area contributed by atoms with E-state index in [1.54, 1.807) is 12.4 Å². The molecule has 0 amide bonds. The number of aliphatic imine (C=N–C) groups is 2. The second-order valence-electron chi connectivity index (χ2n) is 7.90. The predicted octanol–water partition coefficient (Wildman–Crippen LogP) is 3.00. The fourth-order valence-corrected chi connectivity index (χ4v) is 3.45. The Bertz CT molecular complexity index is 1000. The molecule has 3 rings (SSSR count). The highest BCUT2D eigenvalue weighted by molar-refractivity contribution is 6.17. The zero-order valence-electron chi connectivity index (χ0n) is 19.0. The molecule has 3 aromatic rings. The Balaban J connectivity index is 2.54. The molecule has 0 aliphatic heterocycles. The van der Waals surface area contributed by atoms with E-state index in [-0.39, 0.29) is 0 Å². The summed E-state index contributed by atoms with van der Waals surface area (Å²) >= 11 is 0. The molecule has 0 unspecified atom stereocenters. The quantitative estimate of drug-likeness (QED) is 0.370. The van der Waals surface area contributed by atoms with Crippen molar-refractivity contribution in [2.45, 2.75) is 0 Å². The first-order chi connectivity index (χ1) is 14.2. The Hall–Kier alpha value is -3.42. The number of benzene rings is 1. The monoisotopic (exact) mass is 406 g/mol. The summed E-state index contributed by atoms with van der Waals surface area (Å²) < 4.78 is 0. The number of hydrogen-bond acceptors (Lipinski definition) is 4. The molecule has 0 spiro atoms. The van der Waals surface area contributed by atoms with Crippen LogP contribution in [-0.2, 0) is 0 Å². The van der Waals surface area contributed by atoms with Gasteiger partial charge >= 0.3 is 0 Å². The van der Waals surface area contributed by atoms with E-state index >= 15 is 0 Å². The van der Waals surface area contributed by atoms with E-state index in [1.165, 1.54) is 0 Å². The van der Waals surface area contributed by atoms with Crippen molar-refractivity contribution in [1.29, 1.82) is 0 Å². The Labute approximate surface area is 178 Å². The van der Waals surface area contributed by atoms with Gasteiger partial charge in [-0.05, 0) is 24.3 Å². The summed E-state index contributed by atoms with van der Waals surface area (Å²) in [5, 5.41) is 1.83. The number of pyridine rings is 2. The van der Waals surface area contributed by atoms with Crippen LogP contribution in [0, 0.1) is 0 Å². The molecular weight excluding hydrogens is 376 g/mol. The largest absolute Gasteiger partial charge is 0.349 e. The lowest BCUT2D eigenvalue weighted by atomic mass is 10.1. The maximum Gasteiger partial charge on any atom is 0.200 e. The molecule has 0 aliphatic rings. The number of guanidine groups is 2. The fraction of sp³-hybridized carbons (Fsp3) is 0.364. The van der Waals surface area contributed by atoms with Crippen molar-refractivity contribution in [2.24, 2.45) is 9.98 Å². The molecule has 0 saturated heterocycles. The topological polar surface area (TPSA) is 63.5 Å². The van der Waals surface area contributed by atoms with Crippen LogP contribution in [0.1, 0.15) is 0 Å². The van der Waals surface area contributed by atoms with Crippen molar-refractivity contribution in [3.05, 3.63) is 36.7 Å². The SMILES string of the molecule is CN(C)C(=Nc1c(N=C(N(C)C)N(C)C)c2cccnc2c2ncccc12)N(C)C. The number of aromatic nitrogens is 2. The molecule has 30 heavy (non-hydrogen) atoms. The van der Waals surface area contributed by atoms with Crippen molar-refractivity contribution in [2.75, 3.05) is 56.4 Å². The molecule has 2 aromatic heterocycles. The van der Waals surface area contributed by atoms with Gasteiger partial charge in [0.2, 0.25) is 11.9 Å². The van der Waals surface area contributed by atoms with Crippen LogP contribution in [-0.4, -0.2) is 97.9 Å². The van der Waals surface area contributed by atoms with Gasteiger partial charge in [0.15, 0.2) is 0 Å². The van der Waals surface area contributed by atoms with Crippen LogP contribution in [0.5, 0.6) is 0 Å². The summed E-state index contributed by atoms with van der Waals surface area (Å²) in [7, 11) is 15.9. The van der Waals surface area contributed by atoms with E-state index in [9.17, 15) is 0 Å². The molecule has 0 saturated carbocycles. The normalized spacial score (nSPS) is 10.7. The molecule has 8 heteroatoms. The molecule has 2 heterocycles. The highest BCUT2D eigenvalue weighted by Gasteiger charge is 2.19.